The minimum atomic E-state index is 0.449. The summed E-state index contributed by atoms with van der Waals surface area (Å²) in [6.07, 6.45) is 2.40. The summed E-state index contributed by atoms with van der Waals surface area (Å²) < 4.78 is 0. The van der Waals surface area contributed by atoms with E-state index in [1.54, 1.807) is 6.07 Å². The van der Waals surface area contributed by atoms with Crippen LogP contribution in [0.1, 0.15) is 25.5 Å². The van der Waals surface area contributed by atoms with E-state index in [1.807, 2.05) is 12.1 Å². The fraction of sp³-hybridized carbons (Fsp3) is 0.538. The van der Waals surface area contributed by atoms with Gasteiger partial charge in [0, 0.05) is 12.6 Å². The maximum atomic E-state index is 8.80. The third-order valence-electron chi connectivity index (χ3n) is 3.17. The molecule has 1 unspecified atom stereocenters. The van der Waals surface area contributed by atoms with Crippen LogP contribution in [-0.4, -0.2) is 35.6 Å². The number of aromatic nitrogens is 1. The lowest BCUT2D eigenvalue weighted by molar-refractivity contribution is 0.226. The topological polar surface area (TPSA) is 52.0 Å². The molecule has 2 heterocycles. The Hall–Kier alpha value is -1.60. The number of hydrogen-bond donors (Lipinski definition) is 1. The fourth-order valence-electron chi connectivity index (χ4n) is 2.25. The molecule has 1 N–H and O–H groups in total. The summed E-state index contributed by atoms with van der Waals surface area (Å²) in [5.41, 5.74) is 0.471. The molecule has 0 spiro atoms. The van der Waals surface area contributed by atoms with Gasteiger partial charge in [-0.1, -0.05) is 13.0 Å². The number of hydrogen-bond acceptors (Lipinski definition) is 4. The number of nitrogens with one attached hydrogen (secondary N) is 1. The number of pyridine rings is 1. The summed E-state index contributed by atoms with van der Waals surface area (Å²) >= 11 is 0. The number of rotatable bonds is 3. The van der Waals surface area contributed by atoms with Crippen LogP contribution in [0, 0.1) is 11.3 Å². The van der Waals surface area contributed by atoms with Gasteiger partial charge in [0.05, 0.1) is 0 Å². The highest BCUT2D eigenvalue weighted by Crippen LogP contribution is 2.14. The van der Waals surface area contributed by atoms with Crippen LogP contribution in [0.2, 0.25) is 0 Å². The molecule has 1 fully saturated rings. The van der Waals surface area contributed by atoms with Gasteiger partial charge in [-0.15, -0.1) is 0 Å². The third-order valence-corrected chi connectivity index (χ3v) is 3.17. The maximum Gasteiger partial charge on any atom is 0.142 e. The first-order valence-electron chi connectivity index (χ1n) is 6.18. The Bertz CT molecular complexity index is 410. The highest BCUT2D eigenvalue weighted by molar-refractivity contribution is 5.39. The van der Waals surface area contributed by atoms with Crippen LogP contribution in [-0.2, 0) is 0 Å². The first-order chi connectivity index (χ1) is 8.31. The molecule has 1 saturated heterocycles. The Morgan fingerprint density at radius 3 is 3.24 bits per heavy atom. The van der Waals surface area contributed by atoms with Crippen LogP contribution in [0.4, 0.5) is 5.82 Å². The number of piperidine rings is 1. The van der Waals surface area contributed by atoms with E-state index in [0.29, 0.717) is 11.7 Å². The van der Waals surface area contributed by atoms with Crippen molar-refractivity contribution in [2.75, 3.05) is 25.0 Å². The molecular weight excluding hydrogens is 212 g/mol. The average molecular weight is 230 g/mol. The molecule has 0 saturated carbocycles. The SMILES string of the molecule is CCN1CCCC(Nc2cccc(C#N)n2)C1. The molecule has 4 heteroatoms. The van der Waals surface area contributed by atoms with Crippen LogP contribution >= 0.6 is 0 Å². The zero-order chi connectivity index (χ0) is 12.1. The minimum Gasteiger partial charge on any atom is -0.366 e. The Morgan fingerprint density at radius 1 is 1.59 bits per heavy atom. The highest BCUT2D eigenvalue weighted by Gasteiger charge is 2.18. The smallest absolute Gasteiger partial charge is 0.142 e. The van der Waals surface area contributed by atoms with Crippen LogP contribution < -0.4 is 5.32 Å². The molecule has 17 heavy (non-hydrogen) atoms. The van der Waals surface area contributed by atoms with E-state index < -0.39 is 0 Å². The van der Waals surface area contributed by atoms with Crippen molar-refractivity contribution in [3.8, 4) is 6.07 Å². The lowest BCUT2D eigenvalue weighted by Gasteiger charge is -2.32. The molecule has 2 rings (SSSR count). The van der Waals surface area contributed by atoms with Crippen molar-refractivity contribution >= 4 is 5.82 Å². The number of anilines is 1. The maximum absolute atomic E-state index is 8.80. The van der Waals surface area contributed by atoms with Crippen molar-refractivity contribution in [3.05, 3.63) is 23.9 Å². The van der Waals surface area contributed by atoms with Gasteiger partial charge >= 0.3 is 0 Å². The quantitative estimate of drug-likeness (QED) is 0.861. The normalized spacial score (nSPS) is 20.8. The molecule has 0 aromatic carbocycles. The molecule has 0 radical (unpaired) electrons. The molecule has 1 atom stereocenters. The molecular formula is C13H18N4. The predicted molar refractivity (Wildman–Crippen MR) is 67.7 cm³/mol. The molecule has 1 aromatic heterocycles. The van der Waals surface area contributed by atoms with E-state index in [2.05, 4.69) is 28.2 Å². The molecule has 4 nitrogen and oxygen atoms in total. The number of likely N-dealkylation sites (tertiary alicyclic amines) is 1. The summed E-state index contributed by atoms with van der Waals surface area (Å²) in [5.74, 6) is 0.812. The lowest BCUT2D eigenvalue weighted by Crippen LogP contribution is -2.41. The van der Waals surface area contributed by atoms with Gasteiger partial charge in [0.15, 0.2) is 0 Å². The second-order valence-corrected chi connectivity index (χ2v) is 4.40. The summed E-state index contributed by atoms with van der Waals surface area (Å²) in [4.78, 5) is 6.69. The van der Waals surface area contributed by atoms with Gasteiger partial charge in [-0.25, -0.2) is 4.98 Å². The largest absolute Gasteiger partial charge is 0.366 e. The Morgan fingerprint density at radius 2 is 2.47 bits per heavy atom. The van der Waals surface area contributed by atoms with Crippen LogP contribution in [0.15, 0.2) is 18.2 Å². The first-order valence-corrected chi connectivity index (χ1v) is 6.18. The fourth-order valence-corrected chi connectivity index (χ4v) is 2.25. The van der Waals surface area contributed by atoms with Crippen LogP contribution in [0.5, 0.6) is 0 Å². The van der Waals surface area contributed by atoms with Crippen molar-refractivity contribution in [1.82, 2.24) is 9.88 Å². The Balaban J connectivity index is 1.98. The Kier molecular flexibility index (Phi) is 3.94. The minimum absolute atomic E-state index is 0.449. The standard InChI is InChI=1S/C13H18N4/c1-2-17-8-4-6-12(10-17)16-13-7-3-5-11(9-14)15-13/h3,5,7,12H,2,4,6,8,10H2,1H3,(H,15,16). The zero-order valence-electron chi connectivity index (χ0n) is 10.2. The summed E-state index contributed by atoms with van der Waals surface area (Å²) in [5, 5.41) is 12.2. The van der Waals surface area contributed by atoms with Crippen molar-refractivity contribution in [3.63, 3.8) is 0 Å². The van der Waals surface area contributed by atoms with Crippen molar-refractivity contribution in [2.24, 2.45) is 0 Å². The lowest BCUT2D eigenvalue weighted by atomic mass is 10.1. The van der Waals surface area contributed by atoms with Gasteiger partial charge in [0.25, 0.3) is 0 Å². The van der Waals surface area contributed by atoms with E-state index in [4.69, 9.17) is 5.26 Å². The van der Waals surface area contributed by atoms with E-state index in [9.17, 15) is 0 Å². The van der Waals surface area contributed by atoms with E-state index in [1.165, 1.54) is 19.4 Å². The van der Waals surface area contributed by atoms with Crippen molar-refractivity contribution < 1.29 is 0 Å². The van der Waals surface area contributed by atoms with Gasteiger partial charge < -0.3 is 10.2 Å². The van der Waals surface area contributed by atoms with E-state index in [0.717, 1.165) is 18.9 Å². The van der Waals surface area contributed by atoms with E-state index >= 15 is 0 Å². The van der Waals surface area contributed by atoms with Crippen LogP contribution in [0.25, 0.3) is 0 Å². The molecule has 0 aliphatic carbocycles. The van der Waals surface area contributed by atoms with Crippen molar-refractivity contribution in [2.45, 2.75) is 25.8 Å². The van der Waals surface area contributed by atoms with Gasteiger partial charge in [-0.05, 0) is 38.1 Å². The molecule has 90 valence electrons. The molecule has 0 bridgehead atoms. The third kappa shape index (κ3) is 3.18. The number of likely N-dealkylation sites (N-methyl/N-ethyl adjacent to an activating group) is 1. The molecule has 1 aromatic rings. The first kappa shape index (κ1) is 11.9. The summed E-state index contributed by atoms with van der Waals surface area (Å²) in [6, 6.07) is 8.03. The number of nitriles is 1. The second kappa shape index (κ2) is 5.65. The second-order valence-electron chi connectivity index (χ2n) is 4.40. The molecule has 0 amide bonds. The van der Waals surface area contributed by atoms with E-state index in [-0.39, 0.29) is 0 Å². The Labute approximate surface area is 102 Å². The van der Waals surface area contributed by atoms with Gasteiger partial charge in [-0.2, -0.15) is 5.26 Å². The predicted octanol–water partition coefficient (Wildman–Crippen LogP) is 1.85. The van der Waals surface area contributed by atoms with Gasteiger partial charge in [-0.3, -0.25) is 0 Å². The molecule has 1 aliphatic rings. The highest BCUT2D eigenvalue weighted by atomic mass is 15.2. The zero-order valence-corrected chi connectivity index (χ0v) is 10.2. The molecule has 1 aliphatic heterocycles. The summed E-state index contributed by atoms with van der Waals surface area (Å²) in [7, 11) is 0. The van der Waals surface area contributed by atoms with Gasteiger partial charge in [0.1, 0.15) is 17.6 Å². The monoisotopic (exact) mass is 230 g/mol. The van der Waals surface area contributed by atoms with Gasteiger partial charge in [0.2, 0.25) is 0 Å². The van der Waals surface area contributed by atoms with Crippen molar-refractivity contribution in [1.29, 1.82) is 5.26 Å². The number of nitrogens with zero attached hydrogens (tertiary/aromatic N) is 3. The van der Waals surface area contributed by atoms with Crippen LogP contribution in [0.3, 0.4) is 0 Å². The average Bonchev–Trinajstić information content (AvgIpc) is 2.39. The summed E-state index contributed by atoms with van der Waals surface area (Å²) in [6.45, 7) is 5.55.